The van der Waals surface area contributed by atoms with Gasteiger partial charge in [-0.1, -0.05) is 31.2 Å². The number of non-ortho nitro benzene ring substituents is 1. The van der Waals surface area contributed by atoms with Gasteiger partial charge in [-0.2, -0.15) is 5.10 Å². The number of nitro benzene ring substituents is 1. The molecule has 2 aromatic carbocycles. The SMILES string of the molecule is CC1CCN(c2ccc([N+](=O)[O-])cc2C(=O)NCc2cccc(Cn3cncn3)c2)CC1. The van der Waals surface area contributed by atoms with Crippen LogP contribution in [0.4, 0.5) is 11.4 Å². The molecule has 0 saturated carbocycles. The van der Waals surface area contributed by atoms with E-state index in [2.05, 4.69) is 27.2 Å². The van der Waals surface area contributed by atoms with E-state index in [4.69, 9.17) is 0 Å². The number of piperidine rings is 1. The standard InChI is InChI=1S/C23H26N6O3/c1-17-7-9-27(10-8-17)22-6-5-20(29(31)32)12-21(22)23(30)25-13-18-3-2-4-19(11-18)14-28-16-24-15-26-28/h2-6,11-12,15-17H,7-10,13-14H2,1H3,(H,25,30). The van der Waals surface area contributed by atoms with Crippen molar-refractivity contribution in [2.24, 2.45) is 5.92 Å². The van der Waals surface area contributed by atoms with E-state index in [0.29, 0.717) is 24.6 Å². The molecule has 9 nitrogen and oxygen atoms in total. The minimum absolute atomic E-state index is 0.0842. The highest BCUT2D eigenvalue weighted by atomic mass is 16.6. The molecule has 0 aliphatic carbocycles. The minimum atomic E-state index is -0.466. The summed E-state index contributed by atoms with van der Waals surface area (Å²) in [5.74, 6) is 0.329. The van der Waals surface area contributed by atoms with Gasteiger partial charge in [0.25, 0.3) is 11.6 Å². The van der Waals surface area contributed by atoms with Gasteiger partial charge in [-0.05, 0) is 36.0 Å². The number of carbonyl (C=O) groups is 1. The van der Waals surface area contributed by atoms with Gasteiger partial charge in [0.2, 0.25) is 0 Å². The smallest absolute Gasteiger partial charge is 0.270 e. The number of hydrogen-bond donors (Lipinski definition) is 1. The van der Waals surface area contributed by atoms with Gasteiger partial charge in [0.1, 0.15) is 12.7 Å². The average molecular weight is 435 g/mol. The minimum Gasteiger partial charge on any atom is -0.371 e. The number of aromatic nitrogens is 3. The van der Waals surface area contributed by atoms with Crippen LogP contribution < -0.4 is 10.2 Å². The van der Waals surface area contributed by atoms with Crippen molar-refractivity contribution < 1.29 is 9.72 Å². The summed E-state index contributed by atoms with van der Waals surface area (Å²) in [5, 5.41) is 18.3. The summed E-state index contributed by atoms with van der Waals surface area (Å²) in [6, 6.07) is 12.4. The molecule has 1 amide bonds. The summed E-state index contributed by atoms with van der Waals surface area (Å²) in [6.45, 7) is 4.80. The lowest BCUT2D eigenvalue weighted by Gasteiger charge is -2.33. The van der Waals surface area contributed by atoms with Crippen molar-refractivity contribution in [2.75, 3.05) is 18.0 Å². The van der Waals surface area contributed by atoms with Crippen LogP contribution in [-0.2, 0) is 13.1 Å². The van der Waals surface area contributed by atoms with Gasteiger partial charge >= 0.3 is 0 Å². The first-order chi connectivity index (χ1) is 15.5. The van der Waals surface area contributed by atoms with Gasteiger partial charge in [0.15, 0.2) is 0 Å². The van der Waals surface area contributed by atoms with E-state index >= 15 is 0 Å². The second-order valence-electron chi connectivity index (χ2n) is 8.22. The molecule has 32 heavy (non-hydrogen) atoms. The molecule has 1 fully saturated rings. The van der Waals surface area contributed by atoms with E-state index in [1.165, 1.54) is 18.5 Å². The zero-order valence-corrected chi connectivity index (χ0v) is 18.0. The second-order valence-corrected chi connectivity index (χ2v) is 8.22. The predicted molar refractivity (Wildman–Crippen MR) is 120 cm³/mol. The molecule has 1 aromatic heterocycles. The van der Waals surface area contributed by atoms with Gasteiger partial charge in [-0.3, -0.25) is 14.9 Å². The van der Waals surface area contributed by atoms with Crippen molar-refractivity contribution in [3.8, 4) is 0 Å². The molecular weight excluding hydrogens is 408 g/mol. The van der Waals surface area contributed by atoms with Crippen molar-refractivity contribution in [3.05, 3.63) is 81.9 Å². The first-order valence-electron chi connectivity index (χ1n) is 10.7. The maximum Gasteiger partial charge on any atom is 0.270 e. The lowest BCUT2D eigenvalue weighted by molar-refractivity contribution is -0.384. The summed E-state index contributed by atoms with van der Waals surface area (Å²) in [6.07, 6.45) is 5.22. The van der Waals surface area contributed by atoms with E-state index in [9.17, 15) is 14.9 Å². The molecule has 3 aromatic rings. The van der Waals surface area contributed by atoms with Crippen LogP contribution in [0, 0.1) is 16.0 Å². The van der Waals surface area contributed by atoms with E-state index in [1.807, 2.05) is 24.3 Å². The van der Waals surface area contributed by atoms with Crippen molar-refractivity contribution in [1.29, 1.82) is 0 Å². The van der Waals surface area contributed by atoms with Crippen molar-refractivity contribution >= 4 is 17.3 Å². The molecular formula is C23H26N6O3. The monoisotopic (exact) mass is 434 g/mol. The Morgan fingerprint density at radius 3 is 2.69 bits per heavy atom. The van der Waals surface area contributed by atoms with Crippen molar-refractivity contribution in [3.63, 3.8) is 0 Å². The number of nitro groups is 1. The molecule has 0 unspecified atom stereocenters. The maximum absolute atomic E-state index is 13.1. The van der Waals surface area contributed by atoms with Gasteiger partial charge < -0.3 is 10.2 Å². The molecule has 1 aliphatic rings. The van der Waals surface area contributed by atoms with Crippen LogP contribution in [0.15, 0.2) is 55.1 Å². The highest BCUT2D eigenvalue weighted by molar-refractivity contribution is 6.00. The first-order valence-corrected chi connectivity index (χ1v) is 10.7. The highest BCUT2D eigenvalue weighted by Gasteiger charge is 2.23. The lowest BCUT2D eigenvalue weighted by Crippen LogP contribution is -2.35. The first kappa shape index (κ1) is 21.5. The number of nitrogens with zero attached hydrogens (tertiary/aromatic N) is 5. The molecule has 0 bridgehead atoms. The number of benzene rings is 2. The van der Waals surface area contributed by atoms with Crippen LogP contribution in [0.1, 0.15) is 41.3 Å². The van der Waals surface area contributed by atoms with E-state index < -0.39 is 4.92 Å². The number of anilines is 1. The number of carbonyl (C=O) groups excluding carboxylic acids is 1. The second kappa shape index (κ2) is 9.59. The Hall–Kier alpha value is -3.75. The quantitative estimate of drug-likeness (QED) is 0.451. The van der Waals surface area contributed by atoms with Gasteiger partial charge in [-0.15, -0.1) is 0 Å². The van der Waals surface area contributed by atoms with Crippen LogP contribution in [0.3, 0.4) is 0 Å². The van der Waals surface area contributed by atoms with E-state index in [0.717, 1.165) is 42.7 Å². The Morgan fingerprint density at radius 2 is 1.97 bits per heavy atom. The van der Waals surface area contributed by atoms with E-state index in [1.54, 1.807) is 17.1 Å². The molecule has 0 atom stereocenters. The molecule has 0 spiro atoms. The number of hydrogen-bond acceptors (Lipinski definition) is 6. The third-order valence-electron chi connectivity index (χ3n) is 5.82. The van der Waals surface area contributed by atoms with Crippen molar-refractivity contribution in [1.82, 2.24) is 20.1 Å². The fourth-order valence-corrected chi connectivity index (χ4v) is 3.96. The maximum atomic E-state index is 13.1. The van der Waals surface area contributed by atoms with Crippen LogP contribution in [0.2, 0.25) is 0 Å². The Morgan fingerprint density at radius 1 is 1.19 bits per heavy atom. The molecule has 9 heteroatoms. The Kier molecular flexibility index (Phi) is 6.44. The molecule has 1 aliphatic heterocycles. The largest absolute Gasteiger partial charge is 0.371 e. The predicted octanol–water partition coefficient (Wildman–Crippen LogP) is 3.40. The molecule has 1 saturated heterocycles. The Balaban J connectivity index is 1.50. The summed E-state index contributed by atoms with van der Waals surface area (Å²) >= 11 is 0. The van der Waals surface area contributed by atoms with Crippen molar-refractivity contribution in [2.45, 2.75) is 32.9 Å². The van der Waals surface area contributed by atoms with Gasteiger partial charge in [0.05, 0.1) is 22.7 Å². The van der Waals surface area contributed by atoms with Gasteiger partial charge in [0, 0.05) is 31.8 Å². The summed E-state index contributed by atoms with van der Waals surface area (Å²) in [4.78, 5) is 30.0. The Labute approximate surface area is 186 Å². The fourth-order valence-electron chi connectivity index (χ4n) is 3.96. The molecule has 0 radical (unpaired) electrons. The third kappa shape index (κ3) is 5.11. The zero-order chi connectivity index (χ0) is 22.5. The fraction of sp³-hybridized carbons (Fsp3) is 0.348. The third-order valence-corrected chi connectivity index (χ3v) is 5.82. The lowest BCUT2D eigenvalue weighted by atomic mass is 9.98. The number of nitrogens with one attached hydrogen (secondary N) is 1. The molecule has 2 heterocycles. The molecule has 1 N–H and O–H groups in total. The summed E-state index contributed by atoms with van der Waals surface area (Å²) in [5.41, 5.74) is 2.99. The summed E-state index contributed by atoms with van der Waals surface area (Å²) < 4.78 is 1.73. The van der Waals surface area contributed by atoms with Gasteiger partial charge in [-0.25, -0.2) is 9.67 Å². The Bertz CT molecular complexity index is 1090. The number of amides is 1. The van der Waals surface area contributed by atoms with Crippen LogP contribution in [-0.4, -0.2) is 38.7 Å². The topological polar surface area (TPSA) is 106 Å². The zero-order valence-electron chi connectivity index (χ0n) is 18.0. The molecule has 166 valence electrons. The van der Waals surface area contributed by atoms with Crippen LogP contribution in [0.5, 0.6) is 0 Å². The van der Waals surface area contributed by atoms with Crippen LogP contribution >= 0.6 is 0 Å². The molecule has 4 rings (SSSR count). The summed E-state index contributed by atoms with van der Waals surface area (Å²) in [7, 11) is 0. The normalized spacial score (nSPS) is 14.3. The number of rotatable bonds is 7. The van der Waals surface area contributed by atoms with Crippen LogP contribution in [0.25, 0.3) is 0 Å². The average Bonchev–Trinajstić information content (AvgIpc) is 3.31. The highest BCUT2D eigenvalue weighted by Crippen LogP contribution is 2.29. The van der Waals surface area contributed by atoms with E-state index in [-0.39, 0.29) is 11.6 Å².